The normalized spacial score (nSPS) is 26.8. The van der Waals surface area contributed by atoms with Crippen molar-refractivity contribution in [2.75, 3.05) is 29.9 Å². The Morgan fingerprint density at radius 1 is 1.07 bits per heavy atom. The number of hydrogen-bond acceptors (Lipinski definition) is 6. The minimum absolute atomic E-state index is 0.187. The highest BCUT2D eigenvalue weighted by Crippen LogP contribution is 2.59. The lowest BCUT2D eigenvalue weighted by molar-refractivity contribution is -0.144. The van der Waals surface area contributed by atoms with Gasteiger partial charge >= 0.3 is 0 Å². The van der Waals surface area contributed by atoms with E-state index in [1.807, 2.05) is 68.4 Å². The van der Waals surface area contributed by atoms with Crippen molar-refractivity contribution in [2.24, 2.45) is 17.8 Å². The van der Waals surface area contributed by atoms with Crippen LogP contribution in [0.15, 0.2) is 54.6 Å². The predicted molar refractivity (Wildman–Crippen MR) is 162 cm³/mol. The van der Waals surface area contributed by atoms with E-state index >= 15 is 0 Å². The number of amides is 3. The molecule has 2 aromatic carbocycles. The number of carbonyl (C=O) groups is 3. The van der Waals surface area contributed by atoms with Gasteiger partial charge < -0.3 is 30.3 Å². The lowest BCUT2D eigenvalue weighted by atomic mass is 9.70. The molecule has 0 aromatic heterocycles. The van der Waals surface area contributed by atoms with Crippen LogP contribution in [-0.2, 0) is 25.7 Å². The van der Waals surface area contributed by atoms with E-state index in [2.05, 4.69) is 29.4 Å². The maximum atomic E-state index is 14.3. The van der Waals surface area contributed by atoms with E-state index in [1.165, 1.54) is 0 Å². The molecule has 0 saturated carbocycles. The fourth-order valence-electron chi connectivity index (χ4n) is 7.36. The average molecular weight is 577 g/mol. The molecule has 3 saturated heterocycles. The topological polar surface area (TPSA) is 111 Å². The number of fused-ring (bicyclic) bond motifs is 1. The maximum Gasteiger partial charge on any atom is 0.250 e. The molecule has 3 heterocycles. The maximum absolute atomic E-state index is 14.3. The van der Waals surface area contributed by atoms with Crippen molar-refractivity contribution in [3.05, 3.63) is 60.2 Å². The van der Waals surface area contributed by atoms with Gasteiger partial charge in [-0.25, -0.2) is 0 Å². The molecular formula is C33H44N4O5. The van der Waals surface area contributed by atoms with Gasteiger partial charge in [-0.1, -0.05) is 44.2 Å². The molecule has 5 rings (SSSR count). The lowest BCUT2D eigenvalue weighted by Gasteiger charge is -2.37. The van der Waals surface area contributed by atoms with Crippen molar-refractivity contribution >= 4 is 29.1 Å². The predicted octanol–water partition coefficient (Wildman–Crippen LogP) is 3.57. The Bertz CT molecular complexity index is 1260. The SMILES string of the molecule is CCN(CC)c1ccc(NC(=O)C2N([C@@H](CO)CC(C)C)C(=O)[C@@H]3[C@H](C(=O)NCc4ccccc4)[C@@H]4CCC23O4)cc1. The third-order valence-electron chi connectivity index (χ3n) is 9.21. The number of aliphatic hydroxyl groups excluding tert-OH is 1. The first kappa shape index (κ1) is 30.0. The quantitative estimate of drug-likeness (QED) is 0.356. The van der Waals surface area contributed by atoms with Crippen LogP contribution in [-0.4, -0.2) is 71.2 Å². The number of ether oxygens (including phenoxy) is 1. The van der Waals surface area contributed by atoms with Crippen molar-refractivity contribution in [3.8, 4) is 0 Å². The molecule has 1 spiro atoms. The third-order valence-corrected chi connectivity index (χ3v) is 9.21. The fraction of sp³-hybridized carbons (Fsp3) is 0.545. The van der Waals surface area contributed by atoms with Crippen LogP contribution in [0.3, 0.4) is 0 Å². The van der Waals surface area contributed by atoms with Crippen LogP contribution >= 0.6 is 0 Å². The number of nitrogens with zero attached hydrogens (tertiary/aromatic N) is 2. The number of aliphatic hydroxyl groups is 1. The number of carbonyl (C=O) groups excluding carboxylic acids is 3. The highest BCUT2D eigenvalue weighted by molar-refractivity contribution is 6.03. The van der Waals surface area contributed by atoms with Crippen LogP contribution in [0.4, 0.5) is 11.4 Å². The van der Waals surface area contributed by atoms with E-state index in [0.29, 0.717) is 31.5 Å². The van der Waals surface area contributed by atoms with Crippen LogP contribution in [0.25, 0.3) is 0 Å². The molecule has 2 bridgehead atoms. The third kappa shape index (κ3) is 5.40. The van der Waals surface area contributed by atoms with Gasteiger partial charge in [-0.2, -0.15) is 0 Å². The summed E-state index contributed by atoms with van der Waals surface area (Å²) in [4.78, 5) is 45.8. The summed E-state index contributed by atoms with van der Waals surface area (Å²) < 4.78 is 6.55. The fourth-order valence-corrected chi connectivity index (χ4v) is 7.36. The summed E-state index contributed by atoms with van der Waals surface area (Å²) in [6, 6.07) is 15.8. The molecular weight excluding hydrogens is 532 g/mol. The molecule has 0 aliphatic carbocycles. The van der Waals surface area contributed by atoms with Crippen molar-refractivity contribution in [1.29, 1.82) is 0 Å². The summed E-state index contributed by atoms with van der Waals surface area (Å²) in [5.41, 5.74) is 1.53. The molecule has 6 atom stereocenters. The summed E-state index contributed by atoms with van der Waals surface area (Å²) in [5, 5.41) is 16.5. The first-order valence-corrected chi connectivity index (χ1v) is 15.3. The lowest BCUT2D eigenvalue weighted by Crippen LogP contribution is -2.56. The molecule has 9 heteroatoms. The number of benzene rings is 2. The number of nitrogens with one attached hydrogen (secondary N) is 2. The first-order chi connectivity index (χ1) is 20.2. The van der Waals surface area contributed by atoms with Crippen LogP contribution < -0.4 is 15.5 Å². The molecule has 0 radical (unpaired) electrons. The van der Waals surface area contributed by atoms with Crippen molar-refractivity contribution in [2.45, 2.75) is 77.3 Å². The molecule has 3 aliphatic rings. The summed E-state index contributed by atoms with van der Waals surface area (Å²) in [5.74, 6) is -2.16. The molecule has 3 fully saturated rings. The summed E-state index contributed by atoms with van der Waals surface area (Å²) in [7, 11) is 0. The molecule has 3 aliphatic heterocycles. The largest absolute Gasteiger partial charge is 0.394 e. The summed E-state index contributed by atoms with van der Waals surface area (Å²) >= 11 is 0. The Morgan fingerprint density at radius 2 is 1.76 bits per heavy atom. The second kappa shape index (κ2) is 12.4. The molecule has 42 heavy (non-hydrogen) atoms. The van der Waals surface area contributed by atoms with Crippen molar-refractivity contribution < 1.29 is 24.2 Å². The molecule has 226 valence electrons. The minimum Gasteiger partial charge on any atom is -0.394 e. The number of rotatable bonds is 12. The Hall–Kier alpha value is -3.43. The number of hydrogen-bond donors (Lipinski definition) is 3. The highest BCUT2D eigenvalue weighted by Gasteiger charge is 2.75. The number of anilines is 2. The van der Waals surface area contributed by atoms with E-state index < -0.39 is 35.6 Å². The summed E-state index contributed by atoms with van der Waals surface area (Å²) in [6.45, 7) is 10.1. The van der Waals surface area contributed by atoms with E-state index in [4.69, 9.17) is 4.74 Å². The molecule has 2 aromatic rings. The average Bonchev–Trinajstić information content (AvgIpc) is 3.64. The van der Waals surface area contributed by atoms with Gasteiger partial charge in [0.2, 0.25) is 17.7 Å². The van der Waals surface area contributed by atoms with Gasteiger partial charge in [0.1, 0.15) is 11.6 Å². The molecule has 9 nitrogen and oxygen atoms in total. The van der Waals surface area contributed by atoms with Crippen molar-refractivity contribution in [3.63, 3.8) is 0 Å². The Labute approximate surface area is 248 Å². The number of likely N-dealkylation sites (tertiary alicyclic amines) is 1. The zero-order valence-corrected chi connectivity index (χ0v) is 25.1. The zero-order chi connectivity index (χ0) is 30.0. The van der Waals surface area contributed by atoms with Crippen LogP contribution in [0, 0.1) is 17.8 Å². The Balaban J connectivity index is 1.43. The minimum atomic E-state index is -1.12. The van der Waals surface area contributed by atoms with Crippen LogP contribution in [0.5, 0.6) is 0 Å². The van der Waals surface area contributed by atoms with Gasteiger partial charge in [0, 0.05) is 31.0 Å². The van der Waals surface area contributed by atoms with Gasteiger partial charge in [0.05, 0.1) is 30.6 Å². The van der Waals surface area contributed by atoms with Crippen LogP contribution in [0.2, 0.25) is 0 Å². The zero-order valence-electron chi connectivity index (χ0n) is 25.1. The van der Waals surface area contributed by atoms with Gasteiger partial charge in [-0.15, -0.1) is 0 Å². The standard InChI is InChI=1S/C33H44N4O5/c1-5-36(6-2)24-14-12-23(13-15-24)35-31(40)29-33-17-16-26(42-33)27(30(39)34-19-22-10-8-7-9-11-22)28(33)32(41)37(29)25(20-38)18-21(3)4/h7-15,21,25-29,38H,5-6,16-20H2,1-4H3,(H,34,39)(H,35,40)/t25-,26+,27-,28+,29?,33?/m1/s1. The van der Waals surface area contributed by atoms with Crippen LogP contribution in [0.1, 0.15) is 52.5 Å². The van der Waals surface area contributed by atoms with E-state index in [0.717, 1.165) is 24.3 Å². The summed E-state index contributed by atoms with van der Waals surface area (Å²) in [6.07, 6.45) is 1.20. The first-order valence-electron chi connectivity index (χ1n) is 15.3. The van der Waals surface area contributed by atoms with Gasteiger partial charge in [-0.05, 0) is 68.9 Å². The van der Waals surface area contributed by atoms with Crippen molar-refractivity contribution in [1.82, 2.24) is 10.2 Å². The van der Waals surface area contributed by atoms with Gasteiger partial charge in [0.15, 0.2) is 0 Å². The molecule has 3 amide bonds. The molecule has 3 N–H and O–H groups in total. The second-order valence-electron chi connectivity index (χ2n) is 12.2. The smallest absolute Gasteiger partial charge is 0.250 e. The van der Waals surface area contributed by atoms with Gasteiger partial charge in [0.25, 0.3) is 0 Å². The molecule has 2 unspecified atom stereocenters. The Kier molecular flexibility index (Phi) is 8.89. The monoisotopic (exact) mass is 576 g/mol. The van der Waals surface area contributed by atoms with E-state index in [-0.39, 0.29) is 30.2 Å². The Morgan fingerprint density at radius 3 is 2.38 bits per heavy atom. The van der Waals surface area contributed by atoms with Gasteiger partial charge in [-0.3, -0.25) is 14.4 Å². The van der Waals surface area contributed by atoms with E-state index in [9.17, 15) is 19.5 Å². The second-order valence-corrected chi connectivity index (χ2v) is 12.2. The van der Waals surface area contributed by atoms with E-state index in [1.54, 1.807) is 4.90 Å². The highest BCUT2D eigenvalue weighted by atomic mass is 16.5.